The molecule has 0 saturated carbocycles. The molecule has 5 atom stereocenters. The number of ether oxygens (including phenoxy) is 2. The Balaban J connectivity index is 2.66. The van der Waals surface area contributed by atoms with E-state index < -0.39 is 30.7 Å². The second-order valence-corrected chi connectivity index (χ2v) is 2.99. The molecule has 13 heavy (non-hydrogen) atoms. The SMILES string of the molecule is CO[C@@H]1OC(CN)[C@@H](O)C(O)[C@@H]1O. The Labute approximate surface area is 75.9 Å². The van der Waals surface area contributed by atoms with Gasteiger partial charge in [-0.05, 0) is 0 Å². The zero-order valence-electron chi connectivity index (χ0n) is 7.33. The Morgan fingerprint density at radius 1 is 1.23 bits per heavy atom. The minimum atomic E-state index is -1.28. The average molecular weight is 193 g/mol. The van der Waals surface area contributed by atoms with Crippen molar-refractivity contribution in [2.75, 3.05) is 13.7 Å². The molecule has 1 aliphatic rings. The Morgan fingerprint density at radius 3 is 2.31 bits per heavy atom. The van der Waals surface area contributed by atoms with Gasteiger partial charge in [0, 0.05) is 13.7 Å². The lowest BCUT2D eigenvalue weighted by Crippen LogP contribution is -2.59. The average Bonchev–Trinajstić information content (AvgIpc) is 2.15. The lowest BCUT2D eigenvalue weighted by atomic mass is 9.99. The largest absolute Gasteiger partial charge is 0.388 e. The third-order valence-electron chi connectivity index (χ3n) is 2.13. The predicted molar refractivity (Wildman–Crippen MR) is 42.7 cm³/mol. The smallest absolute Gasteiger partial charge is 0.186 e. The van der Waals surface area contributed by atoms with E-state index in [1.165, 1.54) is 7.11 Å². The first-order chi connectivity index (χ1) is 6.11. The van der Waals surface area contributed by atoms with E-state index in [9.17, 15) is 15.3 Å². The maximum atomic E-state index is 9.35. The van der Waals surface area contributed by atoms with Crippen LogP contribution in [0.4, 0.5) is 0 Å². The van der Waals surface area contributed by atoms with Gasteiger partial charge in [-0.3, -0.25) is 0 Å². The van der Waals surface area contributed by atoms with Crippen LogP contribution < -0.4 is 5.73 Å². The van der Waals surface area contributed by atoms with Crippen molar-refractivity contribution >= 4 is 0 Å². The fraction of sp³-hybridized carbons (Fsp3) is 1.00. The summed E-state index contributed by atoms with van der Waals surface area (Å²) in [5.74, 6) is 0. The standard InChI is InChI=1S/C7H15NO5/c1-12-7-6(11)5(10)4(9)3(2-8)13-7/h3-7,9-11H,2,8H2,1H3/t3?,4-,5?,6+,7-/m1/s1. The summed E-state index contributed by atoms with van der Waals surface area (Å²) >= 11 is 0. The number of nitrogens with two attached hydrogens (primary N) is 1. The van der Waals surface area contributed by atoms with Gasteiger partial charge in [0.15, 0.2) is 6.29 Å². The molecule has 1 heterocycles. The summed E-state index contributed by atoms with van der Waals surface area (Å²) in [5.41, 5.74) is 5.28. The van der Waals surface area contributed by atoms with Gasteiger partial charge in [0.1, 0.15) is 24.4 Å². The highest BCUT2D eigenvalue weighted by atomic mass is 16.7. The lowest BCUT2D eigenvalue weighted by molar-refractivity contribution is -0.287. The van der Waals surface area contributed by atoms with Gasteiger partial charge in [-0.1, -0.05) is 0 Å². The van der Waals surface area contributed by atoms with Gasteiger partial charge in [-0.2, -0.15) is 0 Å². The highest BCUT2D eigenvalue weighted by Gasteiger charge is 2.43. The Hall–Kier alpha value is -0.240. The molecular weight excluding hydrogens is 178 g/mol. The van der Waals surface area contributed by atoms with Crippen LogP contribution in [0.3, 0.4) is 0 Å². The zero-order chi connectivity index (χ0) is 10.0. The van der Waals surface area contributed by atoms with E-state index in [-0.39, 0.29) is 6.54 Å². The first-order valence-electron chi connectivity index (χ1n) is 4.04. The Bertz CT molecular complexity index is 147. The van der Waals surface area contributed by atoms with Crippen LogP contribution in [0.1, 0.15) is 0 Å². The third kappa shape index (κ3) is 1.98. The summed E-state index contributed by atoms with van der Waals surface area (Å²) < 4.78 is 9.83. The summed E-state index contributed by atoms with van der Waals surface area (Å²) in [6.45, 7) is 0.0603. The number of aliphatic hydroxyl groups excluding tert-OH is 3. The van der Waals surface area contributed by atoms with Crippen LogP contribution in [0.5, 0.6) is 0 Å². The van der Waals surface area contributed by atoms with Crippen molar-refractivity contribution in [3.05, 3.63) is 0 Å². The Morgan fingerprint density at radius 2 is 1.85 bits per heavy atom. The van der Waals surface area contributed by atoms with Crippen LogP contribution in [-0.2, 0) is 9.47 Å². The summed E-state index contributed by atoms with van der Waals surface area (Å²) in [7, 11) is 1.34. The lowest BCUT2D eigenvalue weighted by Gasteiger charge is -2.39. The molecule has 1 aliphatic heterocycles. The number of aliphatic hydroxyl groups is 3. The van der Waals surface area contributed by atoms with Gasteiger partial charge >= 0.3 is 0 Å². The molecule has 1 fully saturated rings. The molecule has 6 nitrogen and oxygen atoms in total. The van der Waals surface area contributed by atoms with E-state index >= 15 is 0 Å². The molecule has 0 amide bonds. The van der Waals surface area contributed by atoms with Gasteiger partial charge < -0.3 is 30.5 Å². The summed E-state index contributed by atoms with van der Waals surface area (Å²) in [6.07, 6.45) is -5.35. The van der Waals surface area contributed by atoms with E-state index in [1.54, 1.807) is 0 Å². The van der Waals surface area contributed by atoms with Gasteiger partial charge in [0.25, 0.3) is 0 Å². The maximum Gasteiger partial charge on any atom is 0.186 e. The maximum absolute atomic E-state index is 9.35. The topological polar surface area (TPSA) is 105 Å². The summed E-state index contributed by atoms with van der Waals surface area (Å²) in [6, 6.07) is 0. The van der Waals surface area contributed by atoms with Crippen molar-refractivity contribution in [3.63, 3.8) is 0 Å². The molecule has 1 rings (SSSR count). The highest BCUT2D eigenvalue weighted by Crippen LogP contribution is 2.20. The van der Waals surface area contributed by atoms with Gasteiger partial charge in [0.05, 0.1) is 0 Å². The minimum Gasteiger partial charge on any atom is -0.388 e. The van der Waals surface area contributed by atoms with Crippen molar-refractivity contribution in [3.8, 4) is 0 Å². The van der Waals surface area contributed by atoms with Gasteiger partial charge in [0.2, 0.25) is 0 Å². The second-order valence-electron chi connectivity index (χ2n) is 2.99. The molecule has 0 aliphatic carbocycles. The molecule has 0 spiro atoms. The van der Waals surface area contributed by atoms with Gasteiger partial charge in [-0.15, -0.1) is 0 Å². The Kier molecular flexibility index (Phi) is 3.60. The van der Waals surface area contributed by atoms with Crippen molar-refractivity contribution in [2.45, 2.75) is 30.7 Å². The van der Waals surface area contributed by atoms with Crippen molar-refractivity contribution in [1.82, 2.24) is 0 Å². The van der Waals surface area contributed by atoms with Gasteiger partial charge in [-0.25, -0.2) is 0 Å². The molecule has 2 unspecified atom stereocenters. The van der Waals surface area contributed by atoms with Crippen LogP contribution in [0.2, 0.25) is 0 Å². The third-order valence-corrected chi connectivity index (χ3v) is 2.13. The molecule has 1 saturated heterocycles. The first kappa shape index (κ1) is 10.8. The van der Waals surface area contributed by atoms with Crippen molar-refractivity contribution in [2.24, 2.45) is 5.73 Å². The molecule has 0 radical (unpaired) electrons. The quantitative estimate of drug-likeness (QED) is 0.383. The number of hydrogen-bond donors (Lipinski definition) is 4. The molecule has 78 valence electrons. The second kappa shape index (κ2) is 4.32. The summed E-state index contributed by atoms with van der Waals surface area (Å²) in [4.78, 5) is 0. The zero-order valence-corrected chi connectivity index (χ0v) is 7.33. The van der Waals surface area contributed by atoms with E-state index in [1.807, 2.05) is 0 Å². The molecular formula is C7H15NO5. The molecule has 0 aromatic carbocycles. The van der Waals surface area contributed by atoms with E-state index in [4.69, 9.17) is 15.2 Å². The highest BCUT2D eigenvalue weighted by molar-refractivity contribution is 4.89. The van der Waals surface area contributed by atoms with E-state index in [0.717, 1.165) is 0 Å². The monoisotopic (exact) mass is 193 g/mol. The van der Waals surface area contributed by atoms with Crippen LogP contribution >= 0.6 is 0 Å². The number of methoxy groups -OCH3 is 1. The molecule has 0 aromatic heterocycles. The fourth-order valence-electron chi connectivity index (χ4n) is 1.31. The number of rotatable bonds is 2. The molecule has 0 aromatic rings. The van der Waals surface area contributed by atoms with E-state index in [0.29, 0.717) is 0 Å². The molecule has 0 bridgehead atoms. The normalized spacial score (nSPS) is 46.4. The van der Waals surface area contributed by atoms with E-state index in [2.05, 4.69) is 0 Å². The van der Waals surface area contributed by atoms with Crippen molar-refractivity contribution < 1.29 is 24.8 Å². The van der Waals surface area contributed by atoms with Crippen LogP contribution in [-0.4, -0.2) is 59.7 Å². The predicted octanol–water partition coefficient (Wildman–Crippen LogP) is -2.60. The summed E-state index contributed by atoms with van der Waals surface area (Å²) in [5, 5.41) is 28.0. The molecule has 6 heteroatoms. The fourth-order valence-corrected chi connectivity index (χ4v) is 1.31. The molecule has 5 N–H and O–H groups in total. The number of hydrogen-bond acceptors (Lipinski definition) is 6. The first-order valence-corrected chi connectivity index (χ1v) is 4.04. The van der Waals surface area contributed by atoms with Crippen LogP contribution in [0, 0.1) is 0 Å². The van der Waals surface area contributed by atoms with Crippen LogP contribution in [0.25, 0.3) is 0 Å². The minimum absolute atomic E-state index is 0.0603. The van der Waals surface area contributed by atoms with Crippen molar-refractivity contribution in [1.29, 1.82) is 0 Å². The van der Waals surface area contributed by atoms with Crippen LogP contribution in [0.15, 0.2) is 0 Å².